The van der Waals surface area contributed by atoms with Crippen molar-refractivity contribution in [3.05, 3.63) is 124 Å². The standard InChI is InChI=1S/C28H24/c1-4-10-20-21-12-6-8-14-25(21)28(24(20)11-5-2)26-15-9-7-13-22(26)23-17-16-19(3)18-27(23)28/h4-18H,1-3H3/b10-4-,11-5-. The van der Waals surface area contributed by atoms with Gasteiger partial charge in [0, 0.05) is 0 Å². The molecule has 0 heterocycles. The summed E-state index contributed by atoms with van der Waals surface area (Å²) in [4.78, 5) is 0. The third kappa shape index (κ3) is 2.01. The van der Waals surface area contributed by atoms with E-state index in [1.807, 2.05) is 0 Å². The van der Waals surface area contributed by atoms with E-state index in [9.17, 15) is 0 Å². The first-order valence-corrected chi connectivity index (χ1v) is 10.0. The lowest BCUT2D eigenvalue weighted by atomic mass is 9.69. The maximum atomic E-state index is 2.40. The highest BCUT2D eigenvalue weighted by Gasteiger charge is 2.51. The van der Waals surface area contributed by atoms with Gasteiger partial charge in [-0.05, 0) is 65.3 Å². The molecular formula is C28H24. The van der Waals surface area contributed by atoms with Gasteiger partial charge in [-0.1, -0.05) is 96.6 Å². The lowest BCUT2D eigenvalue weighted by Crippen LogP contribution is -2.26. The molecule has 0 aliphatic heterocycles. The van der Waals surface area contributed by atoms with E-state index in [0.29, 0.717) is 0 Å². The summed E-state index contributed by atoms with van der Waals surface area (Å²) in [6.07, 6.45) is 8.94. The van der Waals surface area contributed by atoms with Gasteiger partial charge in [0.2, 0.25) is 0 Å². The molecule has 0 heteroatoms. The van der Waals surface area contributed by atoms with E-state index in [4.69, 9.17) is 0 Å². The quantitative estimate of drug-likeness (QED) is 0.452. The van der Waals surface area contributed by atoms with Gasteiger partial charge in [-0.15, -0.1) is 0 Å². The third-order valence-electron chi connectivity index (χ3n) is 6.18. The predicted octanol–water partition coefficient (Wildman–Crippen LogP) is 7.23. The Labute approximate surface area is 167 Å². The molecule has 2 aliphatic rings. The maximum absolute atomic E-state index is 2.40. The topological polar surface area (TPSA) is 0 Å². The van der Waals surface area contributed by atoms with Crippen LogP contribution in [0.3, 0.4) is 0 Å². The normalized spacial score (nSPS) is 19.7. The van der Waals surface area contributed by atoms with Crippen LogP contribution in [-0.4, -0.2) is 0 Å². The third-order valence-corrected chi connectivity index (χ3v) is 6.18. The first-order valence-electron chi connectivity index (χ1n) is 10.0. The Morgan fingerprint density at radius 1 is 0.643 bits per heavy atom. The van der Waals surface area contributed by atoms with Crippen molar-refractivity contribution < 1.29 is 0 Å². The number of hydrogen-bond acceptors (Lipinski definition) is 0. The Bertz CT molecular complexity index is 1190. The second-order valence-electron chi connectivity index (χ2n) is 7.72. The minimum atomic E-state index is -0.240. The van der Waals surface area contributed by atoms with Gasteiger partial charge in [-0.3, -0.25) is 0 Å². The van der Waals surface area contributed by atoms with Gasteiger partial charge in [0.15, 0.2) is 0 Å². The van der Waals surface area contributed by atoms with Gasteiger partial charge in [-0.2, -0.15) is 0 Å². The van der Waals surface area contributed by atoms with Crippen molar-refractivity contribution in [1.82, 2.24) is 0 Å². The van der Waals surface area contributed by atoms with Crippen LogP contribution in [0.2, 0.25) is 0 Å². The lowest BCUT2D eigenvalue weighted by Gasteiger charge is -2.31. The average Bonchev–Trinajstić information content (AvgIpc) is 3.16. The van der Waals surface area contributed by atoms with Crippen molar-refractivity contribution in [1.29, 1.82) is 0 Å². The first-order chi connectivity index (χ1) is 13.7. The highest BCUT2D eigenvalue weighted by molar-refractivity contribution is 5.97. The van der Waals surface area contributed by atoms with E-state index in [-0.39, 0.29) is 5.41 Å². The van der Waals surface area contributed by atoms with Crippen LogP contribution in [0.15, 0.2) is 96.6 Å². The molecule has 136 valence electrons. The van der Waals surface area contributed by atoms with Crippen LogP contribution < -0.4 is 0 Å². The van der Waals surface area contributed by atoms with Crippen LogP contribution in [-0.2, 0) is 5.41 Å². The van der Waals surface area contributed by atoms with Crippen LogP contribution >= 0.6 is 0 Å². The molecule has 0 aromatic heterocycles. The Morgan fingerprint density at radius 2 is 1.25 bits per heavy atom. The van der Waals surface area contributed by atoms with Gasteiger partial charge >= 0.3 is 0 Å². The van der Waals surface area contributed by atoms with Gasteiger partial charge < -0.3 is 0 Å². The summed E-state index contributed by atoms with van der Waals surface area (Å²) in [6, 6.07) is 24.8. The van der Waals surface area contributed by atoms with Gasteiger partial charge in [-0.25, -0.2) is 0 Å². The second-order valence-corrected chi connectivity index (χ2v) is 7.72. The van der Waals surface area contributed by atoms with E-state index in [1.165, 1.54) is 50.1 Å². The number of aryl methyl sites for hydroxylation is 1. The summed E-state index contributed by atoms with van der Waals surface area (Å²) in [5.41, 5.74) is 12.1. The van der Waals surface area contributed by atoms with Crippen LogP contribution in [0.1, 0.15) is 41.7 Å². The number of allylic oxidation sites excluding steroid dienone is 6. The molecule has 1 unspecified atom stereocenters. The van der Waals surface area contributed by atoms with Gasteiger partial charge in [0.05, 0.1) is 5.41 Å². The molecule has 0 nitrogen and oxygen atoms in total. The highest BCUT2D eigenvalue weighted by atomic mass is 14.5. The van der Waals surface area contributed by atoms with Crippen molar-refractivity contribution in [3.8, 4) is 11.1 Å². The zero-order chi connectivity index (χ0) is 19.3. The predicted molar refractivity (Wildman–Crippen MR) is 119 cm³/mol. The summed E-state index contributed by atoms with van der Waals surface area (Å²) < 4.78 is 0. The highest BCUT2D eigenvalue weighted by Crippen LogP contribution is 2.62. The number of fused-ring (bicyclic) bond motifs is 7. The van der Waals surface area contributed by atoms with Crippen LogP contribution in [0.4, 0.5) is 0 Å². The van der Waals surface area contributed by atoms with Gasteiger partial charge in [0.1, 0.15) is 0 Å². The molecule has 3 aromatic carbocycles. The second kappa shape index (κ2) is 6.21. The molecule has 0 bridgehead atoms. The SMILES string of the molecule is C/C=C\C1=C(/C=C\C)C2(c3ccccc31)c1ccccc1-c1ccc(C)cc12. The number of rotatable bonds is 2. The molecule has 0 amide bonds. The van der Waals surface area contributed by atoms with E-state index < -0.39 is 0 Å². The Kier molecular flexibility index (Phi) is 3.77. The first kappa shape index (κ1) is 17.0. The monoisotopic (exact) mass is 360 g/mol. The molecule has 0 saturated heterocycles. The summed E-state index contributed by atoms with van der Waals surface area (Å²) in [5.74, 6) is 0. The van der Waals surface area contributed by atoms with Crippen molar-refractivity contribution in [3.63, 3.8) is 0 Å². The van der Waals surface area contributed by atoms with Crippen molar-refractivity contribution in [2.75, 3.05) is 0 Å². The zero-order valence-corrected chi connectivity index (χ0v) is 16.7. The van der Waals surface area contributed by atoms with Crippen LogP contribution in [0.5, 0.6) is 0 Å². The lowest BCUT2D eigenvalue weighted by molar-refractivity contribution is 0.785. The molecule has 3 aromatic rings. The minimum absolute atomic E-state index is 0.240. The van der Waals surface area contributed by atoms with Crippen LogP contribution in [0.25, 0.3) is 16.7 Å². The largest absolute Gasteiger partial charge is 0.0873 e. The van der Waals surface area contributed by atoms with E-state index in [1.54, 1.807) is 0 Å². The Hall–Kier alpha value is -3.12. The molecule has 5 rings (SSSR count). The molecule has 0 radical (unpaired) electrons. The smallest absolute Gasteiger partial charge is 0.0725 e. The van der Waals surface area contributed by atoms with E-state index >= 15 is 0 Å². The fourth-order valence-electron chi connectivity index (χ4n) is 5.24. The molecule has 0 fully saturated rings. The Morgan fingerprint density at radius 3 is 1.96 bits per heavy atom. The molecule has 1 spiro atoms. The fraction of sp³-hybridized carbons (Fsp3) is 0.143. The van der Waals surface area contributed by atoms with E-state index in [0.717, 1.165) is 0 Å². The summed E-state index contributed by atoms with van der Waals surface area (Å²) in [7, 11) is 0. The van der Waals surface area contributed by atoms with Crippen molar-refractivity contribution in [2.24, 2.45) is 0 Å². The summed E-state index contributed by atoms with van der Waals surface area (Å²) in [6.45, 7) is 6.42. The van der Waals surface area contributed by atoms with Crippen molar-refractivity contribution in [2.45, 2.75) is 26.2 Å². The molecule has 0 N–H and O–H groups in total. The molecule has 1 atom stereocenters. The minimum Gasteiger partial charge on any atom is -0.0873 e. The molecule has 2 aliphatic carbocycles. The number of benzene rings is 3. The van der Waals surface area contributed by atoms with Crippen LogP contribution in [0, 0.1) is 6.92 Å². The maximum Gasteiger partial charge on any atom is 0.0725 e. The summed E-state index contributed by atoms with van der Waals surface area (Å²) in [5, 5.41) is 0. The fourth-order valence-corrected chi connectivity index (χ4v) is 5.24. The molecular weight excluding hydrogens is 336 g/mol. The molecule has 0 saturated carbocycles. The molecule has 28 heavy (non-hydrogen) atoms. The Balaban J connectivity index is 2.03. The van der Waals surface area contributed by atoms with Gasteiger partial charge in [0.25, 0.3) is 0 Å². The van der Waals surface area contributed by atoms with Crippen molar-refractivity contribution >= 4 is 5.57 Å². The number of hydrogen-bond donors (Lipinski definition) is 0. The van der Waals surface area contributed by atoms with E-state index in [2.05, 4.69) is 112 Å². The summed E-state index contributed by atoms with van der Waals surface area (Å²) >= 11 is 0. The zero-order valence-electron chi connectivity index (χ0n) is 16.7. The average molecular weight is 361 g/mol.